The first-order valence-corrected chi connectivity index (χ1v) is 4.92. The fraction of sp³-hybridized carbons (Fsp3) is 1.00. The molecule has 0 saturated carbocycles. The molecule has 5 nitrogen and oxygen atoms in total. The number of hydrogen-bond acceptors (Lipinski definition) is 5. The maximum absolute atomic E-state index is 9.60. The lowest BCUT2D eigenvalue weighted by Crippen LogP contribution is -2.60. The summed E-state index contributed by atoms with van der Waals surface area (Å²) in [6.45, 7) is 3.62. The summed E-state index contributed by atoms with van der Waals surface area (Å²) in [4.78, 5) is 0. The lowest BCUT2D eigenvalue weighted by molar-refractivity contribution is -0.0490. The summed E-state index contributed by atoms with van der Waals surface area (Å²) in [6, 6.07) is 0. The molecular weight excluding hydrogens is 184 g/mol. The van der Waals surface area contributed by atoms with Gasteiger partial charge >= 0.3 is 0 Å². The van der Waals surface area contributed by atoms with Crippen LogP contribution in [-0.4, -0.2) is 41.3 Å². The van der Waals surface area contributed by atoms with Crippen LogP contribution in [0, 0.1) is 0 Å². The monoisotopic (exact) mass is 206 g/mol. The molecule has 0 fully saturated rings. The molecule has 86 valence electrons. The molecule has 6 N–H and O–H groups in total. The highest BCUT2D eigenvalue weighted by atomic mass is 16.5. The zero-order valence-corrected chi connectivity index (χ0v) is 8.94. The van der Waals surface area contributed by atoms with Crippen LogP contribution >= 0.6 is 0 Å². The number of ether oxygens (including phenoxy) is 1. The van der Waals surface area contributed by atoms with Crippen molar-refractivity contribution in [3.8, 4) is 0 Å². The van der Waals surface area contributed by atoms with Gasteiger partial charge in [-0.15, -0.1) is 0 Å². The molecule has 0 aliphatic heterocycles. The predicted molar refractivity (Wildman–Crippen MR) is 54.5 cm³/mol. The Morgan fingerprint density at radius 1 is 1.43 bits per heavy atom. The molecule has 0 aromatic carbocycles. The molecular formula is C9H22N2O3. The smallest absolute Gasteiger partial charge is 0.108 e. The van der Waals surface area contributed by atoms with E-state index in [1.165, 1.54) is 0 Å². The van der Waals surface area contributed by atoms with Gasteiger partial charge < -0.3 is 26.4 Å². The molecule has 0 bridgehead atoms. The molecule has 0 aromatic rings. The minimum absolute atomic E-state index is 0.0503. The van der Waals surface area contributed by atoms with Crippen molar-refractivity contribution in [1.82, 2.24) is 0 Å². The van der Waals surface area contributed by atoms with Crippen molar-refractivity contribution in [2.45, 2.75) is 44.6 Å². The van der Waals surface area contributed by atoms with Crippen LogP contribution in [0.1, 0.15) is 26.7 Å². The minimum atomic E-state index is -1.11. The van der Waals surface area contributed by atoms with E-state index in [9.17, 15) is 5.11 Å². The van der Waals surface area contributed by atoms with Gasteiger partial charge in [-0.2, -0.15) is 0 Å². The van der Waals surface area contributed by atoms with E-state index in [1.807, 2.05) is 6.92 Å². The van der Waals surface area contributed by atoms with Crippen LogP contribution in [0.4, 0.5) is 0 Å². The second-order valence-electron chi connectivity index (χ2n) is 3.70. The Balaban J connectivity index is 3.87. The van der Waals surface area contributed by atoms with Crippen molar-refractivity contribution >= 4 is 0 Å². The van der Waals surface area contributed by atoms with E-state index in [2.05, 4.69) is 0 Å². The Morgan fingerprint density at radius 3 is 2.43 bits per heavy atom. The molecule has 2 atom stereocenters. The average molecular weight is 206 g/mol. The van der Waals surface area contributed by atoms with E-state index < -0.39 is 11.8 Å². The Hall–Kier alpha value is -0.200. The van der Waals surface area contributed by atoms with Gasteiger partial charge in [-0.3, -0.25) is 0 Å². The van der Waals surface area contributed by atoms with Crippen LogP contribution < -0.4 is 11.5 Å². The van der Waals surface area contributed by atoms with E-state index in [0.717, 1.165) is 6.42 Å². The predicted octanol–water partition coefficient (Wildman–Crippen LogP) is -0.841. The van der Waals surface area contributed by atoms with Gasteiger partial charge in [-0.25, -0.2) is 0 Å². The highest BCUT2D eigenvalue weighted by Crippen LogP contribution is 2.09. The van der Waals surface area contributed by atoms with E-state index in [0.29, 0.717) is 6.42 Å². The van der Waals surface area contributed by atoms with Crippen LogP contribution in [0.2, 0.25) is 0 Å². The van der Waals surface area contributed by atoms with Crippen molar-refractivity contribution in [3.05, 3.63) is 0 Å². The van der Waals surface area contributed by atoms with Gasteiger partial charge in [0.1, 0.15) is 6.10 Å². The molecule has 0 aromatic heterocycles. The molecule has 0 aliphatic rings. The third-order valence-corrected chi connectivity index (χ3v) is 2.10. The molecule has 0 rings (SSSR count). The second-order valence-corrected chi connectivity index (χ2v) is 3.70. The summed E-state index contributed by atoms with van der Waals surface area (Å²) in [7, 11) is 0. The topological polar surface area (TPSA) is 102 Å². The summed E-state index contributed by atoms with van der Waals surface area (Å²) in [5.41, 5.74) is 10.3. The zero-order chi connectivity index (χ0) is 11.2. The maximum atomic E-state index is 9.60. The molecule has 0 amide bonds. The molecule has 0 radical (unpaired) electrons. The van der Waals surface area contributed by atoms with Crippen LogP contribution in [0.5, 0.6) is 0 Å². The molecule has 2 unspecified atom stereocenters. The highest BCUT2D eigenvalue weighted by molar-refractivity contribution is 4.84. The average Bonchev–Trinajstić information content (AvgIpc) is 2.13. The summed E-state index contributed by atoms with van der Waals surface area (Å²) in [6.07, 6.45) is 0.128. The van der Waals surface area contributed by atoms with Crippen molar-refractivity contribution in [3.63, 3.8) is 0 Å². The summed E-state index contributed by atoms with van der Waals surface area (Å²) in [5, 5.41) is 18.3. The third kappa shape index (κ3) is 4.88. The lowest BCUT2D eigenvalue weighted by atomic mass is 10.0. The zero-order valence-electron chi connectivity index (χ0n) is 8.94. The van der Waals surface area contributed by atoms with Crippen molar-refractivity contribution in [2.24, 2.45) is 11.5 Å². The Morgan fingerprint density at radius 2 is 2.00 bits per heavy atom. The van der Waals surface area contributed by atoms with Crippen LogP contribution in [0.15, 0.2) is 0 Å². The SMILES string of the molecule is CCCC(N)(N)C(O)COC(C)CO. The first-order valence-electron chi connectivity index (χ1n) is 4.92. The van der Waals surface area contributed by atoms with Gasteiger partial charge in [0, 0.05) is 0 Å². The lowest BCUT2D eigenvalue weighted by Gasteiger charge is -2.30. The molecule has 0 spiro atoms. The van der Waals surface area contributed by atoms with E-state index >= 15 is 0 Å². The van der Waals surface area contributed by atoms with E-state index in [-0.39, 0.29) is 19.3 Å². The molecule has 0 saturated heterocycles. The van der Waals surface area contributed by atoms with Gasteiger partial charge in [0.2, 0.25) is 0 Å². The number of rotatable bonds is 7. The van der Waals surface area contributed by atoms with Crippen LogP contribution in [0.25, 0.3) is 0 Å². The normalized spacial score (nSPS) is 16.7. The largest absolute Gasteiger partial charge is 0.394 e. The van der Waals surface area contributed by atoms with Gasteiger partial charge in [0.15, 0.2) is 0 Å². The molecule has 0 heterocycles. The number of hydrogen-bond donors (Lipinski definition) is 4. The molecule has 14 heavy (non-hydrogen) atoms. The second kappa shape index (κ2) is 6.31. The Bertz CT molecular complexity index is 153. The first kappa shape index (κ1) is 13.8. The van der Waals surface area contributed by atoms with Gasteiger partial charge in [0.05, 0.1) is 25.0 Å². The summed E-state index contributed by atoms with van der Waals surface area (Å²) < 4.78 is 5.13. The third-order valence-electron chi connectivity index (χ3n) is 2.10. The molecule has 0 aliphatic carbocycles. The Kier molecular flexibility index (Phi) is 6.22. The quantitative estimate of drug-likeness (QED) is 0.407. The summed E-state index contributed by atoms with van der Waals surface area (Å²) >= 11 is 0. The summed E-state index contributed by atoms with van der Waals surface area (Å²) in [5.74, 6) is 0. The van der Waals surface area contributed by atoms with Crippen molar-refractivity contribution in [1.29, 1.82) is 0 Å². The van der Waals surface area contributed by atoms with E-state index in [4.69, 9.17) is 21.3 Å². The van der Waals surface area contributed by atoms with Crippen LogP contribution in [0.3, 0.4) is 0 Å². The first-order chi connectivity index (χ1) is 6.44. The number of aliphatic hydroxyl groups is 2. The standard InChI is InChI=1S/C9H22N2O3/c1-3-4-9(10,11)8(13)6-14-7(2)5-12/h7-8,12-13H,3-6,10-11H2,1-2H3. The minimum Gasteiger partial charge on any atom is -0.394 e. The number of nitrogens with two attached hydrogens (primary N) is 2. The highest BCUT2D eigenvalue weighted by Gasteiger charge is 2.28. The van der Waals surface area contributed by atoms with Crippen LogP contribution in [-0.2, 0) is 4.74 Å². The fourth-order valence-corrected chi connectivity index (χ4v) is 1.06. The van der Waals surface area contributed by atoms with Gasteiger partial charge in [-0.05, 0) is 13.3 Å². The number of aliphatic hydroxyl groups excluding tert-OH is 2. The maximum Gasteiger partial charge on any atom is 0.108 e. The van der Waals surface area contributed by atoms with Crippen molar-refractivity contribution in [2.75, 3.05) is 13.2 Å². The van der Waals surface area contributed by atoms with Crippen molar-refractivity contribution < 1.29 is 14.9 Å². The van der Waals surface area contributed by atoms with Gasteiger partial charge in [0.25, 0.3) is 0 Å². The molecule has 5 heteroatoms. The Labute approximate surface area is 85.0 Å². The fourth-order valence-electron chi connectivity index (χ4n) is 1.06. The van der Waals surface area contributed by atoms with E-state index in [1.54, 1.807) is 6.92 Å². The van der Waals surface area contributed by atoms with Gasteiger partial charge in [-0.1, -0.05) is 13.3 Å².